The number of nitrogens with one attached hydrogen (secondary N) is 2. The number of nitrogens with zero attached hydrogens (tertiary/aromatic N) is 1. The second kappa shape index (κ2) is 6.88. The molecule has 7 heteroatoms. The van der Waals surface area contributed by atoms with Crippen molar-refractivity contribution in [3.63, 3.8) is 0 Å². The van der Waals surface area contributed by atoms with Crippen LogP contribution in [0.2, 0.25) is 0 Å². The zero-order valence-electron chi connectivity index (χ0n) is 14.7. The Morgan fingerprint density at radius 1 is 1.33 bits per heavy atom. The topological polar surface area (TPSA) is 79.9 Å². The Labute approximate surface area is 143 Å². The van der Waals surface area contributed by atoms with E-state index >= 15 is 0 Å². The smallest absolute Gasteiger partial charge is 0.317 e. The van der Waals surface area contributed by atoms with Crippen molar-refractivity contribution in [2.75, 3.05) is 33.4 Å². The minimum Gasteiger partial charge on any atom is -0.381 e. The Bertz CT molecular complexity index is 480. The molecule has 1 aliphatic carbocycles. The van der Waals surface area contributed by atoms with Gasteiger partial charge in [0, 0.05) is 39.6 Å². The first-order valence-electron chi connectivity index (χ1n) is 8.94. The van der Waals surface area contributed by atoms with Crippen LogP contribution in [0.4, 0.5) is 4.79 Å². The van der Waals surface area contributed by atoms with Crippen LogP contribution in [-0.2, 0) is 14.3 Å². The molecule has 0 radical (unpaired) electrons. The number of amides is 3. The summed E-state index contributed by atoms with van der Waals surface area (Å²) in [6, 6.07) is -0.00994. The molecule has 0 bridgehead atoms. The summed E-state index contributed by atoms with van der Waals surface area (Å²) in [4.78, 5) is 25.6. The Kier molecular flexibility index (Phi) is 5.01. The highest BCUT2D eigenvalue weighted by molar-refractivity contribution is 5.80. The number of hydrogen-bond donors (Lipinski definition) is 2. The predicted molar refractivity (Wildman–Crippen MR) is 88.4 cm³/mol. The third kappa shape index (κ3) is 3.83. The van der Waals surface area contributed by atoms with Gasteiger partial charge in [0.1, 0.15) is 12.3 Å². The number of methoxy groups -OCH3 is 1. The molecule has 2 aliphatic heterocycles. The van der Waals surface area contributed by atoms with Crippen LogP contribution in [0.1, 0.15) is 45.4 Å². The molecule has 3 aliphatic rings. The number of likely N-dealkylation sites (tertiary alicyclic amines) is 1. The highest BCUT2D eigenvalue weighted by Crippen LogP contribution is 2.36. The molecule has 3 rings (SSSR count). The van der Waals surface area contributed by atoms with E-state index in [1.807, 2.05) is 4.90 Å². The van der Waals surface area contributed by atoms with Crippen molar-refractivity contribution in [1.29, 1.82) is 0 Å². The second-order valence-corrected chi connectivity index (χ2v) is 7.72. The van der Waals surface area contributed by atoms with Crippen molar-refractivity contribution in [1.82, 2.24) is 15.5 Å². The highest BCUT2D eigenvalue weighted by Gasteiger charge is 2.42. The Morgan fingerprint density at radius 3 is 2.54 bits per heavy atom. The summed E-state index contributed by atoms with van der Waals surface area (Å²) >= 11 is 0. The molecule has 0 aromatic rings. The average molecular weight is 339 g/mol. The first-order valence-corrected chi connectivity index (χ1v) is 8.94. The van der Waals surface area contributed by atoms with Gasteiger partial charge in [0.05, 0.1) is 6.10 Å². The largest absolute Gasteiger partial charge is 0.381 e. The van der Waals surface area contributed by atoms with Crippen molar-refractivity contribution in [3.8, 4) is 0 Å². The summed E-state index contributed by atoms with van der Waals surface area (Å²) in [5, 5.41) is 6.00. The first kappa shape index (κ1) is 17.5. The van der Waals surface area contributed by atoms with Gasteiger partial charge in [-0.05, 0) is 31.1 Å². The Balaban J connectivity index is 1.42. The number of carbonyl (C=O) groups is 2. The maximum Gasteiger partial charge on any atom is 0.317 e. The molecule has 0 aromatic heterocycles. The lowest BCUT2D eigenvalue weighted by molar-refractivity contribution is -0.119. The van der Waals surface area contributed by atoms with E-state index in [4.69, 9.17) is 9.47 Å². The lowest BCUT2D eigenvalue weighted by Crippen LogP contribution is -2.55. The minimum atomic E-state index is -0.543. The van der Waals surface area contributed by atoms with Gasteiger partial charge in [-0.1, -0.05) is 6.92 Å². The minimum absolute atomic E-state index is 0.00994. The van der Waals surface area contributed by atoms with Crippen LogP contribution in [0, 0.1) is 5.41 Å². The van der Waals surface area contributed by atoms with Crippen molar-refractivity contribution >= 4 is 11.9 Å². The van der Waals surface area contributed by atoms with E-state index in [1.165, 1.54) is 0 Å². The van der Waals surface area contributed by atoms with E-state index in [2.05, 4.69) is 17.6 Å². The van der Waals surface area contributed by atoms with E-state index in [1.54, 1.807) is 7.11 Å². The lowest BCUT2D eigenvalue weighted by atomic mass is 9.74. The van der Waals surface area contributed by atoms with Crippen LogP contribution in [0.15, 0.2) is 0 Å². The fourth-order valence-electron chi connectivity index (χ4n) is 3.97. The quantitative estimate of drug-likeness (QED) is 0.810. The first-order chi connectivity index (χ1) is 11.4. The molecule has 0 aromatic carbocycles. The number of urea groups is 1. The second-order valence-electron chi connectivity index (χ2n) is 7.72. The Morgan fingerprint density at radius 2 is 2.00 bits per heavy atom. The van der Waals surface area contributed by atoms with Gasteiger partial charge in [0.2, 0.25) is 5.91 Å². The van der Waals surface area contributed by atoms with Gasteiger partial charge in [0.15, 0.2) is 0 Å². The summed E-state index contributed by atoms with van der Waals surface area (Å²) in [5.41, 5.74) is -0.386. The zero-order valence-corrected chi connectivity index (χ0v) is 14.7. The molecule has 0 atom stereocenters. The maximum absolute atomic E-state index is 12.4. The van der Waals surface area contributed by atoms with Crippen LogP contribution < -0.4 is 10.6 Å². The SMILES string of the molecule is COC1CCC(C)(CNC(=O)N2CCC3(CC2)NC(=O)CO3)CC1. The van der Waals surface area contributed by atoms with E-state index in [0.717, 1.165) is 25.7 Å². The third-order valence-corrected chi connectivity index (χ3v) is 5.84. The predicted octanol–water partition coefficient (Wildman–Crippen LogP) is 1.23. The number of ether oxygens (including phenoxy) is 2. The van der Waals surface area contributed by atoms with Gasteiger partial charge in [-0.15, -0.1) is 0 Å². The van der Waals surface area contributed by atoms with Crippen molar-refractivity contribution in [2.45, 2.75) is 57.3 Å². The molecule has 2 heterocycles. The van der Waals surface area contributed by atoms with Gasteiger partial charge >= 0.3 is 6.03 Å². The zero-order chi connectivity index (χ0) is 17.2. The average Bonchev–Trinajstić information content (AvgIpc) is 2.95. The van der Waals surface area contributed by atoms with Crippen LogP contribution >= 0.6 is 0 Å². The Hall–Kier alpha value is -1.34. The lowest BCUT2D eigenvalue weighted by Gasteiger charge is -2.40. The van der Waals surface area contributed by atoms with E-state index < -0.39 is 5.72 Å². The molecule has 3 amide bonds. The molecule has 2 saturated heterocycles. The van der Waals surface area contributed by atoms with Crippen molar-refractivity contribution < 1.29 is 19.1 Å². The standard InChI is InChI=1S/C17H29N3O4/c1-16(5-3-13(23-2)4-6-16)12-18-15(22)20-9-7-17(8-10-20)19-14(21)11-24-17/h13H,3-12H2,1-2H3,(H,18,22)(H,19,21). The highest BCUT2D eigenvalue weighted by atomic mass is 16.5. The fourth-order valence-corrected chi connectivity index (χ4v) is 3.97. The van der Waals surface area contributed by atoms with Gasteiger partial charge < -0.3 is 25.0 Å². The number of hydrogen-bond acceptors (Lipinski definition) is 4. The van der Waals surface area contributed by atoms with Crippen molar-refractivity contribution in [3.05, 3.63) is 0 Å². The molecule has 136 valence electrons. The summed E-state index contributed by atoms with van der Waals surface area (Å²) < 4.78 is 11.0. The molecular weight excluding hydrogens is 310 g/mol. The van der Waals surface area contributed by atoms with E-state index in [-0.39, 0.29) is 24.0 Å². The molecular formula is C17H29N3O4. The molecule has 1 saturated carbocycles. The molecule has 3 fully saturated rings. The molecule has 1 spiro atoms. The molecule has 7 nitrogen and oxygen atoms in total. The molecule has 2 N–H and O–H groups in total. The van der Waals surface area contributed by atoms with Crippen LogP contribution in [-0.4, -0.2) is 62.0 Å². The van der Waals surface area contributed by atoms with Gasteiger partial charge in [0.25, 0.3) is 0 Å². The number of rotatable bonds is 3. The molecule has 0 unspecified atom stereocenters. The summed E-state index contributed by atoms with van der Waals surface area (Å²) in [6.07, 6.45) is 5.95. The maximum atomic E-state index is 12.4. The van der Waals surface area contributed by atoms with Gasteiger partial charge in [-0.25, -0.2) is 4.79 Å². The number of piperidine rings is 1. The van der Waals surface area contributed by atoms with Crippen LogP contribution in [0.25, 0.3) is 0 Å². The van der Waals surface area contributed by atoms with Crippen LogP contribution in [0.3, 0.4) is 0 Å². The van der Waals surface area contributed by atoms with Gasteiger partial charge in [-0.2, -0.15) is 0 Å². The van der Waals surface area contributed by atoms with E-state index in [9.17, 15) is 9.59 Å². The summed E-state index contributed by atoms with van der Waals surface area (Å²) in [6.45, 7) is 4.29. The van der Waals surface area contributed by atoms with Crippen LogP contribution in [0.5, 0.6) is 0 Å². The summed E-state index contributed by atoms with van der Waals surface area (Å²) in [7, 11) is 1.77. The summed E-state index contributed by atoms with van der Waals surface area (Å²) in [5.74, 6) is -0.0625. The normalized spacial score (nSPS) is 32.7. The fraction of sp³-hybridized carbons (Fsp3) is 0.882. The van der Waals surface area contributed by atoms with Crippen molar-refractivity contribution in [2.24, 2.45) is 5.41 Å². The number of carbonyl (C=O) groups excluding carboxylic acids is 2. The van der Waals surface area contributed by atoms with Gasteiger partial charge in [-0.3, -0.25) is 4.79 Å². The molecule has 24 heavy (non-hydrogen) atoms. The van der Waals surface area contributed by atoms with E-state index in [0.29, 0.717) is 38.6 Å². The monoisotopic (exact) mass is 339 g/mol. The third-order valence-electron chi connectivity index (χ3n) is 5.84.